The van der Waals surface area contributed by atoms with E-state index in [4.69, 9.17) is 10.8 Å². The van der Waals surface area contributed by atoms with E-state index in [-0.39, 0.29) is 12.5 Å². The lowest BCUT2D eigenvalue weighted by molar-refractivity contribution is -0.136. The van der Waals surface area contributed by atoms with Crippen molar-refractivity contribution in [2.75, 3.05) is 5.75 Å². The number of hydrogen-bond donors (Lipinski definition) is 2. The summed E-state index contributed by atoms with van der Waals surface area (Å²) in [5.41, 5.74) is 5.93. The molecule has 4 heteroatoms. The Morgan fingerprint density at radius 3 is 2.77 bits per heavy atom. The number of carboxylic acid groups (broad SMARTS) is 1. The Morgan fingerprint density at radius 1 is 1.46 bits per heavy atom. The Kier molecular flexibility index (Phi) is 4.59. The highest BCUT2D eigenvalue weighted by molar-refractivity contribution is 7.99. The maximum absolute atomic E-state index is 10.3. The first-order chi connectivity index (χ1) is 6.20. The molecular weight excluding hydrogens is 186 g/mol. The lowest BCUT2D eigenvalue weighted by Gasteiger charge is -2.27. The van der Waals surface area contributed by atoms with Crippen molar-refractivity contribution in [2.24, 2.45) is 5.73 Å². The summed E-state index contributed by atoms with van der Waals surface area (Å²) in [7, 11) is 0. The fourth-order valence-electron chi connectivity index (χ4n) is 1.63. The molecule has 0 spiro atoms. The minimum absolute atomic E-state index is 0.258. The van der Waals surface area contributed by atoms with Gasteiger partial charge in [0.05, 0.1) is 6.42 Å². The fraction of sp³-hybridized carbons (Fsp3) is 0.889. The Labute approximate surface area is 83.1 Å². The van der Waals surface area contributed by atoms with Gasteiger partial charge in [0, 0.05) is 17.0 Å². The third-order valence-electron chi connectivity index (χ3n) is 2.40. The molecule has 0 heterocycles. The Balaban J connectivity index is 2.15. The first-order valence-corrected chi connectivity index (χ1v) is 5.84. The predicted molar refractivity (Wildman–Crippen MR) is 54.9 cm³/mol. The molecular formula is C9H17NO2S. The van der Waals surface area contributed by atoms with E-state index in [1.165, 1.54) is 12.8 Å². The molecule has 0 aliphatic heterocycles. The van der Waals surface area contributed by atoms with Crippen LogP contribution in [0.1, 0.15) is 32.1 Å². The second-order valence-corrected chi connectivity index (χ2v) is 4.85. The Hall–Kier alpha value is -0.220. The minimum atomic E-state index is -0.711. The molecule has 3 N–H and O–H groups in total. The molecule has 1 fully saturated rings. The molecule has 0 amide bonds. The van der Waals surface area contributed by atoms with Crippen molar-refractivity contribution in [1.29, 1.82) is 0 Å². The number of nitrogens with two attached hydrogens (primary N) is 1. The SMILES string of the molecule is N[C@H]1CCCC[C@@H]1SCCC(=O)O. The molecule has 0 bridgehead atoms. The number of hydrogen-bond acceptors (Lipinski definition) is 3. The van der Waals surface area contributed by atoms with Crippen LogP contribution in [0.4, 0.5) is 0 Å². The van der Waals surface area contributed by atoms with Crippen LogP contribution >= 0.6 is 11.8 Å². The molecule has 0 radical (unpaired) electrons. The molecule has 0 aromatic heterocycles. The van der Waals surface area contributed by atoms with Gasteiger partial charge in [0.1, 0.15) is 0 Å². The van der Waals surface area contributed by atoms with Crippen molar-refractivity contribution >= 4 is 17.7 Å². The van der Waals surface area contributed by atoms with Crippen LogP contribution in [-0.2, 0) is 4.79 Å². The van der Waals surface area contributed by atoms with Crippen molar-refractivity contribution < 1.29 is 9.90 Å². The van der Waals surface area contributed by atoms with E-state index >= 15 is 0 Å². The second-order valence-electron chi connectivity index (χ2n) is 3.50. The zero-order valence-corrected chi connectivity index (χ0v) is 8.55. The average molecular weight is 203 g/mol. The lowest BCUT2D eigenvalue weighted by Crippen LogP contribution is -2.35. The van der Waals surface area contributed by atoms with Gasteiger partial charge >= 0.3 is 5.97 Å². The predicted octanol–water partition coefficient (Wildman–Crippen LogP) is 1.46. The zero-order valence-electron chi connectivity index (χ0n) is 7.74. The van der Waals surface area contributed by atoms with Gasteiger partial charge in [-0.1, -0.05) is 12.8 Å². The number of aliphatic carboxylic acids is 1. The van der Waals surface area contributed by atoms with Crippen molar-refractivity contribution in [1.82, 2.24) is 0 Å². The third kappa shape index (κ3) is 4.00. The summed E-state index contributed by atoms with van der Waals surface area (Å²) in [6.45, 7) is 0. The first kappa shape index (κ1) is 10.9. The topological polar surface area (TPSA) is 63.3 Å². The molecule has 76 valence electrons. The number of carboxylic acids is 1. The molecule has 1 saturated carbocycles. The normalized spacial score (nSPS) is 28.7. The van der Waals surface area contributed by atoms with Crippen LogP contribution < -0.4 is 5.73 Å². The molecule has 0 saturated heterocycles. The first-order valence-electron chi connectivity index (χ1n) is 4.79. The molecule has 3 nitrogen and oxygen atoms in total. The molecule has 0 aromatic carbocycles. The maximum atomic E-state index is 10.3. The van der Waals surface area contributed by atoms with Gasteiger partial charge in [0.25, 0.3) is 0 Å². The summed E-state index contributed by atoms with van der Waals surface area (Å²) in [5.74, 6) is -0.00914. The van der Waals surface area contributed by atoms with Crippen LogP contribution in [-0.4, -0.2) is 28.1 Å². The summed E-state index contributed by atoms with van der Waals surface area (Å²) in [6, 6.07) is 0.285. The molecule has 1 aliphatic rings. The lowest BCUT2D eigenvalue weighted by atomic mass is 9.96. The van der Waals surface area contributed by atoms with Crippen LogP contribution in [0.15, 0.2) is 0 Å². The minimum Gasteiger partial charge on any atom is -0.481 e. The van der Waals surface area contributed by atoms with Gasteiger partial charge in [0.15, 0.2) is 0 Å². The van der Waals surface area contributed by atoms with Crippen LogP contribution in [0.5, 0.6) is 0 Å². The van der Waals surface area contributed by atoms with Gasteiger partial charge in [-0.15, -0.1) is 0 Å². The maximum Gasteiger partial charge on any atom is 0.304 e. The summed E-state index contributed by atoms with van der Waals surface area (Å²) in [6.07, 6.45) is 5.00. The van der Waals surface area contributed by atoms with Crippen LogP contribution in [0.2, 0.25) is 0 Å². The summed E-state index contributed by atoms with van der Waals surface area (Å²) >= 11 is 1.73. The quantitative estimate of drug-likeness (QED) is 0.726. The monoisotopic (exact) mass is 203 g/mol. The average Bonchev–Trinajstić information content (AvgIpc) is 2.08. The molecule has 13 heavy (non-hydrogen) atoms. The number of thioether (sulfide) groups is 1. The van der Waals surface area contributed by atoms with E-state index in [1.54, 1.807) is 11.8 Å². The molecule has 0 aromatic rings. The zero-order chi connectivity index (χ0) is 9.68. The molecule has 0 unspecified atom stereocenters. The van der Waals surface area contributed by atoms with Gasteiger partial charge in [-0.25, -0.2) is 0 Å². The van der Waals surface area contributed by atoms with E-state index < -0.39 is 5.97 Å². The highest BCUT2D eigenvalue weighted by atomic mass is 32.2. The van der Waals surface area contributed by atoms with Crippen molar-refractivity contribution in [3.8, 4) is 0 Å². The summed E-state index contributed by atoms with van der Waals surface area (Å²) in [5, 5.41) is 8.96. The van der Waals surface area contributed by atoms with Crippen LogP contribution in [0.25, 0.3) is 0 Å². The van der Waals surface area contributed by atoms with Crippen LogP contribution in [0, 0.1) is 0 Å². The van der Waals surface area contributed by atoms with Crippen molar-refractivity contribution in [3.63, 3.8) is 0 Å². The van der Waals surface area contributed by atoms with Gasteiger partial charge in [-0.05, 0) is 12.8 Å². The van der Waals surface area contributed by atoms with Gasteiger partial charge < -0.3 is 10.8 Å². The smallest absolute Gasteiger partial charge is 0.304 e. The highest BCUT2D eigenvalue weighted by Gasteiger charge is 2.21. The van der Waals surface area contributed by atoms with E-state index in [0.717, 1.165) is 12.8 Å². The second kappa shape index (κ2) is 5.50. The largest absolute Gasteiger partial charge is 0.481 e. The van der Waals surface area contributed by atoms with Gasteiger partial charge in [-0.2, -0.15) is 11.8 Å². The number of rotatable bonds is 4. The van der Waals surface area contributed by atoms with Gasteiger partial charge in [0.2, 0.25) is 0 Å². The number of carbonyl (C=O) groups is 1. The highest BCUT2D eigenvalue weighted by Crippen LogP contribution is 2.27. The Morgan fingerprint density at radius 2 is 2.15 bits per heavy atom. The molecule has 1 aliphatic carbocycles. The summed E-state index contributed by atoms with van der Waals surface area (Å²) in [4.78, 5) is 10.3. The fourth-order valence-corrected chi connectivity index (χ4v) is 2.94. The Bertz CT molecular complexity index is 175. The van der Waals surface area contributed by atoms with E-state index in [2.05, 4.69) is 0 Å². The van der Waals surface area contributed by atoms with Crippen molar-refractivity contribution in [3.05, 3.63) is 0 Å². The van der Waals surface area contributed by atoms with Gasteiger partial charge in [-0.3, -0.25) is 4.79 Å². The van der Waals surface area contributed by atoms with E-state index in [1.807, 2.05) is 0 Å². The van der Waals surface area contributed by atoms with E-state index in [9.17, 15) is 4.79 Å². The third-order valence-corrected chi connectivity index (χ3v) is 3.85. The van der Waals surface area contributed by atoms with Crippen molar-refractivity contribution in [2.45, 2.75) is 43.4 Å². The molecule has 1 rings (SSSR count). The standard InChI is InChI=1S/C9H17NO2S/c10-7-3-1-2-4-8(7)13-6-5-9(11)12/h7-8H,1-6,10H2,(H,11,12)/t7-,8-/m0/s1. The van der Waals surface area contributed by atoms with E-state index in [0.29, 0.717) is 11.0 Å². The summed E-state index contributed by atoms with van der Waals surface area (Å²) < 4.78 is 0. The molecule has 2 atom stereocenters. The van der Waals surface area contributed by atoms with Crippen LogP contribution in [0.3, 0.4) is 0 Å².